The lowest BCUT2D eigenvalue weighted by atomic mass is 10.1. The third-order valence-corrected chi connectivity index (χ3v) is 3.10. The summed E-state index contributed by atoms with van der Waals surface area (Å²) in [5.41, 5.74) is 0.844. The Hall–Kier alpha value is -0.780. The molecule has 1 aromatic rings. The number of benzene rings is 1. The van der Waals surface area contributed by atoms with Gasteiger partial charge in [-0.25, -0.2) is 0 Å². The standard InChI is InChI=1S/C12H15ClF3NO/c1-8(9-3-5-10(13)6-4-9)17(2)7-11(18)12(14,15)16/h3-6,8,11,18H,7H2,1-2H3. The van der Waals surface area contributed by atoms with Crippen LogP contribution in [0.2, 0.25) is 5.02 Å². The third-order valence-electron chi connectivity index (χ3n) is 2.85. The van der Waals surface area contributed by atoms with Gasteiger partial charge < -0.3 is 5.11 Å². The fraction of sp³-hybridized carbons (Fsp3) is 0.500. The first kappa shape index (κ1) is 15.3. The minimum Gasteiger partial charge on any atom is -0.382 e. The highest BCUT2D eigenvalue weighted by Crippen LogP contribution is 2.25. The van der Waals surface area contributed by atoms with Crippen molar-refractivity contribution in [2.45, 2.75) is 25.2 Å². The Bertz CT molecular complexity index is 380. The Balaban J connectivity index is 2.67. The number of hydrogen-bond donors (Lipinski definition) is 1. The zero-order valence-corrected chi connectivity index (χ0v) is 10.8. The average molecular weight is 282 g/mol. The molecule has 0 heterocycles. The second-order valence-corrected chi connectivity index (χ2v) is 4.66. The second kappa shape index (κ2) is 5.91. The summed E-state index contributed by atoms with van der Waals surface area (Å²) in [6.07, 6.45) is -6.93. The smallest absolute Gasteiger partial charge is 0.382 e. The first-order valence-corrected chi connectivity index (χ1v) is 5.80. The molecule has 0 aromatic heterocycles. The Labute approximate surface area is 109 Å². The van der Waals surface area contributed by atoms with Crippen molar-refractivity contribution in [3.63, 3.8) is 0 Å². The van der Waals surface area contributed by atoms with Gasteiger partial charge in [0.1, 0.15) is 0 Å². The van der Waals surface area contributed by atoms with E-state index in [4.69, 9.17) is 16.7 Å². The van der Waals surface area contributed by atoms with Gasteiger partial charge in [-0.1, -0.05) is 23.7 Å². The highest BCUT2D eigenvalue weighted by atomic mass is 35.5. The van der Waals surface area contributed by atoms with Gasteiger partial charge in [0, 0.05) is 17.6 Å². The minimum atomic E-state index is -4.59. The molecule has 0 saturated heterocycles. The summed E-state index contributed by atoms with van der Waals surface area (Å²) in [4.78, 5) is 1.45. The lowest BCUT2D eigenvalue weighted by Crippen LogP contribution is -2.40. The van der Waals surface area contributed by atoms with Crippen LogP contribution in [0, 0.1) is 0 Å². The van der Waals surface area contributed by atoms with Gasteiger partial charge in [0.25, 0.3) is 0 Å². The molecule has 0 bridgehead atoms. The molecule has 0 radical (unpaired) electrons. The molecule has 0 fully saturated rings. The highest BCUT2D eigenvalue weighted by Gasteiger charge is 2.39. The van der Waals surface area contributed by atoms with Crippen molar-refractivity contribution in [1.82, 2.24) is 4.90 Å². The van der Waals surface area contributed by atoms with E-state index in [-0.39, 0.29) is 6.04 Å². The van der Waals surface area contributed by atoms with Crippen LogP contribution in [0.4, 0.5) is 13.2 Å². The van der Waals surface area contributed by atoms with E-state index in [2.05, 4.69) is 0 Å². The largest absolute Gasteiger partial charge is 0.415 e. The van der Waals surface area contributed by atoms with Gasteiger partial charge in [0.15, 0.2) is 6.10 Å². The molecule has 0 aliphatic rings. The number of halogens is 4. The second-order valence-electron chi connectivity index (χ2n) is 4.22. The van der Waals surface area contributed by atoms with Gasteiger partial charge in [-0.05, 0) is 31.7 Å². The Morgan fingerprint density at radius 1 is 1.28 bits per heavy atom. The Morgan fingerprint density at radius 3 is 2.22 bits per heavy atom. The van der Waals surface area contributed by atoms with Crippen LogP contribution in [0.3, 0.4) is 0 Å². The molecule has 2 atom stereocenters. The lowest BCUT2D eigenvalue weighted by molar-refractivity contribution is -0.208. The molecule has 1 N–H and O–H groups in total. The van der Waals surface area contributed by atoms with Crippen molar-refractivity contribution in [3.05, 3.63) is 34.9 Å². The topological polar surface area (TPSA) is 23.5 Å². The SMILES string of the molecule is CC(c1ccc(Cl)cc1)N(C)CC(O)C(F)(F)F. The summed E-state index contributed by atoms with van der Waals surface area (Å²) in [7, 11) is 1.54. The van der Waals surface area contributed by atoms with Crippen LogP contribution < -0.4 is 0 Å². The highest BCUT2D eigenvalue weighted by molar-refractivity contribution is 6.30. The summed E-state index contributed by atoms with van der Waals surface area (Å²) in [6, 6.07) is 6.63. The molecule has 0 saturated carbocycles. The number of hydrogen-bond acceptors (Lipinski definition) is 2. The maximum absolute atomic E-state index is 12.2. The van der Waals surface area contributed by atoms with E-state index in [9.17, 15) is 13.2 Å². The van der Waals surface area contributed by atoms with Crippen molar-refractivity contribution in [2.75, 3.05) is 13.6 Å². The molecule has 1 rings (SSSR count). The molecule has 0 amide bonds. The minimum absolute atomic E-state index is 0.237. The van der Waals surface area contributed by atoms with E-state index in [0.717, 1.165) is 5.56 Å². The normalized spacial score (nSPS) is 15.8. The van der Waals surface area contributed by atoms with Crippen LogP contribution >= 0.6 is 11.6 Å². The molecule has 102 valence electrons. The number of aliphatic hydroxyl groups is 1. The molecule has 0 spiro atoms. The van der Waals surface area contributed by atoms with Crippen molar-refractivity contribution < 1.29 is 18.3 Å². The van der Waals surface area contributed by atoms with Crippen LogP contribution in [0.1, 0.15) is 18.5 Å². The van der Waals surface area contributed by atoms with Crippen molar-refractivity contribution >= 4 is 11.6 Å². The van der Waals surface area contributed by atoms with Gasteiger partial charge in [0.05, 0.1) is 0 Å². The lowest BCUT2D eigenvalue weighted by Gasteiger charge is -2.28. The van der Waals surface area contributed by atoms with Crippen LogP contribution in [0.5, 0.6) is 0 Å². The fourth-order valence-electron chi connectivity index (χ4n) is 1.53. The van der Waals surface area contributed by atoms with Crippen molar-refractivity contribution in [1.29, 1.82) is 0 Å². The monoisotopic (exact) mass is 281 g/mol. The fourth-order valence-corrected chi connectivity index (χ4v) is 1.66. The third kappa shape index (κ3) is 4.15. The van der Waals surface area contributed by atoms with E-state index in [1.54, 1.807) is 31.2 Å². The van der Waals surface area contributed by atoms with Gasteiger partial charge in [0.2, 0.25) is 0 Å². The molecule has 0 aliphatic heterocycles. The van der Waals surface area contributed by atoms with E-state index in [1.165, 1.54) is 11.9 Å². The molecule has 6 heteroatoms. The van der Waals surface area contributed by atoms with Gasteiger partial charge >= 0.3 is 6.18 Å². The van der Waals surface area contributed by atoms with Crippen molar-refractivity contribution in [3.8, 4) is 0 Å². The number of aliphatic hydroxyl groups excluding tert-OH is 1. The maximum Gasteiger partial charge on any atom is 0.415 e. The Morgan fingerprint density at radius 2 is 1.78 bits per heavy atom. The zero-order valence-electron chi connectivity index (χ0n) is 10.1. The predicted octanol–water partition coefficient (Wildman–Crippen LogP) is 3.26. The maximum atomic E-state index is 12.2. The van der Waals surface area contributed by atoms with Gasteiger partial charge in [-0.2, -0.15) is 13.2 Å². The van der Waals surface area contributed by atoms with Crippen molar-refractivity contribution in [2.24, 2.45) is 0 Å². The number of nitrogens with zero attached hydrogens (tertiary/aromatic N) is 1. The van der Waals surface area contributed by atoms with Gasteiger partial charge in [-0.3, -0.25) is 4.90 Å². The summed E-state index contributed by atoms with van der Waals surface area (Å²) in [6.45, 7) is 1.31. The zero-order chi connectivity index (χ0) is 13.9. The number of alkyl halides is 3. The molecule has 0 aliphatic carbocycles. The van der Waals surface area contributed by atoms with E-state index >= 15 is 0 Å². The summed E-state index contributed by atoms with van der Waals surface area (Å²) < 4.78 is 36.7. The molecule has 18 heavy (non-hydrogen) atoms. The van der Waals surface area contributed by atoms with Crippen LogP contribution in [0.25, 0.3) is 0 Å². The molecular formula is C12H15ClF3NO. The summed E-state index contributed by atoms with van der Waals surface area (Å²) >= 11 is 5.74. The van der Waals surface area contributed by atoms with Crippen LogP contribution in [0.15, 0.2) is 24.3 Å². The first-order chi connectivity index (χ1) is 8.21. The Kier molecular flexibility index (Phi) is 5.01. The van der Waals surface area contributed by atoms with E-state index in [1.807, 2.05) is 0 Å². The predicted molar refractivity (Wildman–Crippen MR) is 64.6 cm³/mol. The summed E-state index contributed by atoms with van der Waals surface area (Å²) in [5, 5.41) is 9.58. The van der Waals surface area contributed by atoms with E-state index in [0.29, 0.717) is 5.02 Å². The molecule has 2 nitrogen and oxygen atoms in total. The summed E-state index contributed by atoms with van der Waals surface area (Å²) in [5.74, 6) is 0. The van der Waals surface area contributed by atoms with E-state index < -0.39 is 18.8 Å². The van der Waals surface area contributed by atoms with Crippen LogP contribution in [-0.4, -0.2) is 35.9 Å². The average Bonchev–Trinajstić information content (AvgIpc) is 2.27. The molecule has 1 aromatic carbocycles. The van der Waals surface area contributed by atoms with Crippen LogP contribution in [-0.2, 0) is 0 Å². The quantitative estimate of drug-likeness (QED) is 0.916. The number of rotatable bonds is 4. The molecule has 2 unspecified atom stereocenters. The first-order valence-electron chi connectivity index (χ1n) is 5.42. The van der Waals surface area contributed by atoms with Gasteiger partial charge in [-0.15, -0.1) is 0 Å². The number of likely N-dealkylation sites (N-methyl/N-ethyl adjacent to an activating group) is 1. The molecular weight excluding hydrogens is 267 g/mol.